The fourth-order valence-corrected chi connectivity index (χ4v) is 5.20. The van der Waals surface area contributed by atoms with E-state index in [2.05, 4.69) is 74.6 Å². The minimum Gasteiger partial charge on any atom is -0.457 e. The molecule has 9 heteroatoms. The molecule has 2 unspecified atom stereocenters. The number of likely N-dealkylation sites (N-methyl/N-ethyl adjacent to an activating group) is 1. The van der Waals surface area contributed by atoms with Crippen molar-refractivity contribution in [1.29, 1.82) is 0 Å². The van der Waals surface area contributed by atoms with Crippen LogP contribution >= 0.6 is 7.82 Å². The van der Waals surface area contributed by atoms with E-state index in [9.17, 15) is 14.3 Å². The summed E-state index contributed by atoms with van der Waals surface area (Å²) in [5.41, 5.74) is 0. The molecule has 0 radical (unpaired) electrons. The maximum atomic E-state index is 12.3. The van der Waals surface area contributed by atoms with Gasteiger partial charge in [0.1, 0.15) is 19.3 Å². The monoisotopic (exact) mass is 696 g/mol. The molecular formula is C39H71NO7P+. The summed E-state index contributed by atoms with van der Waals surface area (Å²) < 4.78 is 34.5. The van der Waals surface area contributed by atoms with E-state index in [0.717, 1.165) is 83.5 Å². The minimum absolute atomic E-state index is 0.0824. The standard InChI is InChI=1S/C39H70NO7P/c1-6-8-10-12-13-14-15-16-17-18-19-20-21-22-23-24-25-26-27-28-29-31-34-44-36-38(47-39(41)32-30-11-9-7-2)37-46-48(42,43)45-35-33-40(3,4)5/h8,10,13-14,16-17,19-20,22-23,38H,6-7,9,11-12,15,18,21,24-37H2,1-5H3/p+1/b10-8-,14-13-,17-16-,20-19-,23-22-. The first-order valence-corrected chi connectivity index (χ1v) is 20.0. The van der Waals surface area contributed by atoms with Gasteiger partial charge in [-0.1, -0.05) is 120 Å². The van der Waals surface area contributed by atoms with Gasteiger partial charge in [-0.3, -0.25) is 13.8 Å². The zero-order valence-corrected chi connectivity index (χ0v) is 32.1. The summed E-state index contributed by atoms with van der Waals surface area (Å²) in [7, 11) is 1.64. The molecule has 0 fully saturated rings. The highest BCUT2D eigenvalue weighted by Crippen LogP contribution is 2.43. The molecule has 0 spiro atoms. The molecule has 0 saturated heterocycles. The van der Waals surface area contributed by atoms with Crippen molar-refractivity contribution >= 4 is 13.8 Å². The molecule has 0 bridgehead atoms. The molecule has 2 atom stereocenters. The second-order valence-corrected chi connectivity index (χ2v) is 14.7. The third-order valence-electron chi connectivity index (χ3n) is 7.34. The Bertz CT molecular complexity index is 952. The van der Waals surface area contributed by atoms with Gasteiger partial charge in [-0.2, -0.15) is 0 Å². The van der Waals surface area contributed by atoms with Crippen molar-refractivity contribution in [2.75, 3.05) is 54.1 Å². The van der Waals surface area contributed by atoms with E-state index in [4.69, 9.17) is 18.5 Å². The van der Waals surface area contributed by atoms with Gasteiger partial charge in [-0.05, 0) is 57.8 Å². The summed E-state index contributed by atoms with van der Waals surface area (Å²) in [6, 6.07) is 0. The molecule has 0 rings (SSSR count). The summed E-state index contributed by atoms with van der Waals surface area (Å²) in [5, 5.41) is 0. The number of hydrogen-bond acceptors (Lipinski definition) is 6. The Labute approximate surface area is 294 Å². The molecule has 0 aliphatic rings. The lowest BCUT2D eigenvalue weighted by atomic mass is 10.1. The first kappa shape index (κ1) is 46.2. The fraction of sp³-hybridized carbons (Fsp3) is 0.718. The number of carbonyl (C=O) groups excluding carboxylic acids is 1. The molecule has 0 saturated carbocycles. The van der Waals surface area contributed by atoms with Gasteiger partial charge in [0, 0.05) is 13.0 Å². The first-order chi connectivity index (χ1) is 23.1. The summed E-state index contributed by atoms with van der Waals surface area (Å²) in [4.78, 5) is 22.4. The number of esters is 1. The maximum absolute atomic E-state index is 12.3. The highest BCUT2D eigenvalue weighted by atomic mass is 31.2. The fourth-order valence-electron chi connectivity index (χ4n) is 4.46. The topological polar surface area (TPSA) is 91.3 Å². The van der Waals surface area contributed by atoms with Crippen molar-refractivity contribution < 1.29 is 37.3 Å². The Hall–Kier alpha value is -1.80. The lowest BCUT2D eigenvalue weighted by molar-refractivity contribution is -0.870. The number of quaternary nitrogens is 1. The Balaban J connectivity index is 4.08. The predicted molar refractivity (Wildman–Crippen MR) is 201 cm³/mol. The highest BCUT2D eigenvalue weighted by molar-refractivity contribution is 7.47. The second-order valence-electron chi connectivity index (χ2n) is 13.2. The van der Waals surface area contributed by atoms with Gasteiger partial charge in [-0.25, -0.2) is 4.57 Å². The Kier molecular flexibility index (Phi) is 31.2. The number of carbonyl (C=O) groups is 1. The molecule has 0 heterocycles. The molecule has 278 valence electrons. The zero-order valence-electron chi connectivity index (χ0n) is 31.2. The minimum atomic E-state index is -4.26. The van der Waals surface area contributed by atoms with Crippen LogP contribution in [0.5, 0.6) is 0 Å². The molecule has 0 aliphatic heterocycles. The molecule has 48 heavy (non-hydrogen) atoms. The van der Waals surface area contributed by atoms with Crippen LogP contribution in [0.25, 0.3) is 0 Å². The molecule has 0 aliphatic carbocycles. The number of phosphoric acid groups is 1. The smallest absolute Gasteiger partial charge is 0.457 e. The Morgan fingerprint density at radius 1 is 0.667 bits per heavy atom. The molecule has 0 aromatic rings. The van der Waals surface area contributed by atoms with E-state index < -0.39 is 13.9 Å². The average molecular weight is 697 g/mol. The normalized spacial score (nSPS) is 14.7. The van der Waals surface area contributed by atoms with Crippen molar-refractivity contribution in [3.63, 3.8) is 0 Å². The number of rotatable bonds is 33. The number of unbranched alkanes of at least 4 members (excludes halogenated alkanes) is 9. The molecular weight excluding hydrogens is 625 g/mol. The summed E-state index contributed by atoms with van der Waals surface area (Å²) in [5.74, 6) is -0.341. The molecule has 8 nitrogen and oxygen atoms in total. The molecule has 0 aromatic carbocycles. The zero-order chi connectivity index (χ0) is 35.6. The maximum Gasteiger partial charge on any atom is 0.472 e. The quantitative estimate of drug-likeness (QED) is 0.0240. The number of allylic oxidation sites excluding steroid dienone is 10. The van der Waals surface area contributed by atoms with Gasteiger partial charge in [0.05, 0.1) is 34.4 Å². The number of hydrogen-bond donors (Lipinski definition) is 1. The highest BCUT2D eigenvalue weighted by Gasteiger charge is 2.26. The van der Waals surface area contributed by atoms with Crippen molar-refractivity contribution in [3.8, 4) is 0 Å². The van der Waals surface area contributed by atoms with Crippen LogP contribution in [0.1, 0.15) is 123 Å². The van der Waals surface area contributed by atoms with Crippen molar-refractivity contribution in [2.24, 2.45) is 0 Å². The van der Waals surface area contributed by atoms with E-state index in [1.54, 1.807) is 0 Å². The number of nitrogens with zero attached hydrogens (tertiary/aromatic N) is 1. The van der Waals surface area contributed by atoms with Gasteiger partial charge in [0.15, 0.2) is 0 Å². The van der Waals surface area contributed by atoms with Gasteiger partial charge in [-0.15, -0.1) is 0 Å². The first-order valence-electron chi connectivity index (χ1n) is 18.5. The number of phosphoric ester groups is 1. The second kappa shape index (κ2) is 32.4. The van der Waals surface area contributed by atoms with E-state index >= 15 is 0 Å². The van der Waals surface area contributed by atoms with Gasteiger partial charge in [0.2, 0.25) is 0 Å². The van der Waals surface area contributed by atoms with Crippen LogP contribution in [0.4, 0.5) is 0 Å². The molecule has 0 amide bonds. The van der Waals surface area contributed by atoms with Crippen LogP contribution in [-0.2, 0) is 27.9 Å². The lowest BCUT2D eigenvalue weighted by Crippen LogP contribution is -2.37. The van der Waals surface area contributed by atoms with Crippen LogP contribution in [0.2, 0.25) is 0 Å². The number of ether oxygens (including phenoxy) is 2. The summed E-state index contributed by atoms with van der Waals surface area (Å²) in [6.07, 6.45) is 38.8. The predicted octanol–water partition coefficient (Wildman–Crippen LogP) is 10.2. The third kappa shape index (κ3) is 35.5. The van der Waals surface area contributed by atoms with Crippen LogP contribution in [-0.4, -0.2) is 75.6 Å². The van der Waals surface area contributed by atoms with Crippen LogP contribution < -0.4 is 0 Å². The van der Waals surface area contributed by atoms with Gasteiger partial charge >= 0.3 is 13.8 Å². The third-order valence-corrected chi connectivity index (χ3v) is 8.33. The Morgan fingerprint density at radius 3 is 1.79 bits per heavy atom. The summed E-state index contributed by atoms with van der Waals surface area (Å²) >= 11 is 0. The lowest BCUT2D eigenvalue weighted by Gasteiger charge is -2.24. The Morgan fingerprint density at radius 2 is 1.21 bits per heavy atom. The van der Waals surface area contributed by atoms with E-state index in [0.29, 0.717) is 24.1 Å². The molecule has 1 N–H and O–H groups in total. The van der Waals surface area contributed by atoms with Crippen LogP contribution in [0.3, 0.4) is 0 Å². The van der Waals surface area contributed by atoms with E-state index in [-0.39, 0.29) is 25.8 Å². The summed E-state index contributed by atoms with van der Waals surface area (Å²) in [6.45, 7) is 5.32. The largest absolute Gasteiger partial charge is 0.472 e. The average Bonchev–Trinajstić information content (AvgIpc) is 3.03. The van der Waals surface area contributed by atoms with Crippen molar-refractivity contribution in [1.82, 2.24) is 0 Å². The van der Waals surface area contributed by atoms with Gasteiger partial charge < -0.3 is 18.9 Å². The molecule has 0 aromatic heterocycles. The van der Waals surface area contributed by atoms with Crippen LogP contribution in [0.15, 0.2) is 60.8 Å². The van der Waals surface area contributed by atoms with Crippen LogP contribution in [0, 0.1) is 0 Å². The van der Waals surface area contributed by atoms with Crippen molar-refractivity contribution in [3.05, 3.63) is 60.8 Å². The van der Waals surface area contributed by atoms with E-state index in [1.165, 1.54) is 19.3 Å². The van der Waals surface area contributed by atoms with E-state index in [1.807, 2.05) is 21.1 Å². The van der Waals surface area contributed by atoms with Crippen molar-refractivity contribution in [2.45, 2.75) is 129 Å². The van der Waals surface area contributed by atoms with Gasteiger partial charge in [0.25, 0.3) is 0 Å². The SMILES string of the molecule is CC/C=C\C/C=C\C/C=C\C/C=C\C/C=C\CCCCCCCCOCC(COP(=O)(O)OCC[N+](C)(C)C)OC(=O)CCCCCC.